The van der Waals surface area contributed by atoms with Crippen LogP contribution in [0.4, 0.5) is 5.69 Å². The van der Waals surface area contributed by atoms with Crippen molar-refractivity contribution in [1.82, 2.24) is 10.2 Å². The molecular weight excluding hydrogens is 626 g/mol. The molecule has 0 radical (unpaired) electrons. The minimum Gasteiger partial charge on any atom is -0.357 e. The summed E-state index contributed by atoms with van der Waals surface area (Å²) in [7, 11) is -2.61. The van der Waals surface area contributed by atoms with Gasteiger partial charge in [0, 0.05) is 24.5 Å². The summed E-state index contributed by atoms with van der Waals surface area (Å²) in [6, 6.07) is 28.2. The van der Waals surface area contributed by atoms with E-state index in [-0.39, 0.29) is 23.8 Å². The van der Waals surface area contributed by atoms with Crippen molar-refractivity contribution in [3.05, 3.63) is 129 Å². The Bertz CT molecular complexity index is 1680. The molecule has 4 rings (SSSR count). The Morgan fingerprint density at radius 1 is 0.814 bits per heavy atom. The Balaban J connectivity index is 1.81. The van der Waals surface area contributed by atoms with Crippen LogP contribution < -0.4 is 9.62 Å². The second kappa shape index (κ2) is 14.0. The summed E-state index contributed by atoms with van der Waals surface area (Å²) in [5, 5.41) is 2.71. The predicted octanol–water partition coefficient (Wildman–Crippen LogP) is 5.96. The van der Waals surface area contributed by atoms with Gasteiger partial charge in [0.2, 0.25) is 11.8 Å². The van der Waals surface area contributed by atoms with Gasteiger partial charge in [0.1, 0.15) is 12.6 Å². The standard InChI is InChI=1S/C34H36BrN3O4S/c1-24-11-18-30(19-12-24)43(41,42)38(31-20-25(2)10-13-26(31)3)23-33(39)37(22-28-14-16-29(35)17-15-28)32(34(40)36-4)21-27-8-6-5-7-9-27/h5-20,32H,21-23H2,1-4H3,(H,36,40)/t32-/m0/s1. The van der Waals surface area contributed by atoms with Gasteiger partial charge in [0.25, 0.3) is 10.0 Å². The lowest BCUT2D eigenvalue weighted by molar-refractivity contribution is -0.139. The Kier molecular flexibility index (Phi) is 10.4. The molecular formula is C34H36BrN3O4S. The normalized spacial score (nSPS) is 11.9. The number of anilines is 1. The highest BCUT2D eigenvalue weighted by Crippen LogP contribution is 2.29. The van der Waals surface area contributed by atoms with Crippen molar-refractivity contribution in [2.45, 2.75) is 44.7 Å². The largest absolute Gasteiger partial charge is 0.357 e. The average Bonchev–Trinajstić information content (AvgIpc) is 3.00. The zero-order valence-corrected chi connectivity index (χ0v) is 27.2. The zero-order valence-electron chi connectivity index (χ0n) is 24.7. The summed E-state index contributed by atoms with van der Waals surface area (Å²) in [5.74, 6) is -0.835. The first kappa shape index (κ1) is 32.0. The van der Waals surface area contributed by atoms with Gasteiger partial charge in [-0.1, -0.05) is 88.2 Å². The summed E-state index contributed by atoms with van der Waals surface area (Å²) < 4.78 is 30.4. The number of benzene rings is 4. The van der Waals surface area contributed by atoms with E-state index in [9.17, 15) is 18.0 Å². The number of hydrogen-bond donors (Lipinski definition) is 1. The Labute approximate surface area is 262 Å². The van der Waals surface area contributed by atoms with Gasteiger partial charge in [-0.2, -0.15) is 0 Å². The summed E-state index contributed by atoms with van der Waals surface area (Å²) in [4.78, 5) is 29.3. The number of carbonyl (C=O) groups excluding carboxylic acids is 2. The molecule has 43 heavy (non-hydrogen) atoms. The Morgan fingerprint density at radius 3 is 2.07 bits per heavy atom. The number of hydrogen-bond acceptors (Lipinski definition) is 4. The lowest BCUT2D eigenvalue weighted by Gasteiger charge is -2.34. The van der Waals surface area contributed by atoms with Gasteiger partial charge in [-0.15, -0.1) is 0 Å². The summed E-state index contributed by atoms with van der Waals surface area (Å²) in [6.07, 6.45) is 0.261. The van der Waals surface area contributed by atoms with Crippen molar-refractivity contribution in [2.75, 3.05) is 17.9 Å². The van der Waals surface area contributed by atoms with E-state index < -0.39 is 28.5 Å². The van der Waals surface area contributed by atoms with Crippen molar-refractivity contribution in [3.8, 4) is 0 Å². The van der Waals surface area contributed by atoms with E-state index in [0.717, 1.165) is 26.7 Å². The molecule has 1 atom stereocenters. The number of nitrogens with one attached hydrogen (secondary N) is 1. The molecule has 0 fully saturated rings. The maximum Gasteiger partial charge on any atom is 0.264 e. The number of halogens is 1. The van der Waals surface area contributed by atoms with Crippen molar-refractivity contribution < 1.29 is 18.0 Å². The van der Waals surface area contributed by atoms with Gasteiger partial charge in [0.05, 0.1) is 10.6 Å². The molecule has 0 spiro atoms. The molecule has 0 aromatic heterocycles. The van der Waals surface area contributed by atoms with Gasteiger partial charge in [-0.3, -0.25) is 13.9 Å². The smallest absolute Gasteiger partial charge is 0.264 e. The quantitative estimate of drug-likeness (QED) is 0.215. The second-order valence-corrected chi connectivity index (χ2v) is 13.4. The van der Waals surface area contributed by atoms with Crippen molar-refractivity contribution in [2.24, 2.45) is 0 Å². The first-order chi connectivity index (χ1) is 20.5. The Morgan fingerprint density at radius 2 is 1.44 bits per heavy atom. The third-order valence-corrected chi connectivity index (χ3v) is 9.61. The number of sulfonamides is 1. The average molecular weight is 663 g/mol. The second-order valence-electron chi connectivity index (χ2n) is 10.6. The minimum absolute atomic E-state index is 0.0819. The van der Waals surface area contributed by atoms with Crippen LogP contribution in [-0.4, -0.2) is 44.8 Å². The Hall–Kier alpha value is -3.95. The van der Waals surface area contributed by atoms with Crippen LogP contribution >= 0.6 is 15.9 Å². The van der Waals surface area contributed by atoms with Crippen LogP contribution in [-0.2, 0) is 32.6 Å². The number of likely N-dealkylation sites (N-methyl/N-ethyl adjacent to an activating group) is 1. The van der Waals surface area contributed by atoms with Crippen LogP contribution in [0.2, 0.25) is 0 Å². The van der Waals surface area contributed by atoms with Crippen LogP contribution in [0.1, 0.15) is 27.8 Å². The molecule has 4 aromatic carbocycles. The molecule has 0 saturated heterocycles. The zero-order chi connectivity index (χ0) is 31.1. The number of aryl methyl sites for hydroxylation is 3. The van der Waals surface area contributed by atoms with E-state index in [0.29, 0.717) is 11.3 Å². The topological polar surface area (TPSA) is 86.8 Å². The van der Waals surface area contributed by atoms with Gasteiger partial charge in [-0.25, -0.2) is 8.42 Å². The molecule has 0 aliphatic heterocycles. The van der Waals surface area contributed by atoms with Gasteiger partial charge >= 0.3 is 0 Å². The maximum absolute atomic E-state index is 14.4. The first-order valence-corrected chi connectivity index (χ1v) is 16.2. The molecule has 0 aliphatic carbocycles. The lowest BCUT2D eigenvalue weighted by atomic mass is 10.0. The highest BCUT2D eigenvalue weighted by Gasteiger charge is 2.34. The van der Waals surface area contributed by atoms with Crippen LogP contribution in [0, 0.1) is 20.8 Å². The summed E-state index contributed by atoms with van der Waals surface area (Å²) in [6.45, 7) is 5.21. The number of carbonyl (C=O) groups is 2. The first-order valence-electron chi connectivity index (χ1n) is 14.0. The van der Waals surface area contributed by atoms with E-state index in [1.807, 2.05) is 87.5 Å². The highest BCUT2D eigenvalue weighted by molar-refractivity contribution is 9.10. The van der Waals surface area contributed by atoms with Gasteiger partial charge in [-0.05, 0) is 73.4 Å². The highest BCUT2D eigenvalue weighted by atomic mass is 79.9. The molecule has 4 aromatic rings. The van der Waals surface area contributed by atoms with E-state index in [2.05, 4.69) is 21.2 Å². The maximum atomic E-state index is 14.4. The molecule has 2 amide bonds. The summed E-state index contributed by atoms with van der Waals surface area (Å²) in [5.41, 5.74) is 4.58. The fourth-order valence-electron chi connectivity index (χ4n) is 4.85. The van der Waals surface area contributed by atoms with Gasteiger partial charge < -0.3 is 10.2 Å². The molecule has 0 bridgehead atoms. The van der Waals surface area contributed by atoms with Crippen LogP contribution in [0.15, 0.2) is 106 Å². The molecule has 9 heteroatoms. The summed E-state index contributed by atoms with van der Waals surface area (Å²) >= 11 is 3.45. The molecule has 7 nitrogen and oxygen atoms in total. The SMILES string of the molecule is CNC(=O)[C@H](Cc1ccccc1)N(Cc1ccc(Br)cc1)C(=O)CN(c1cc(C)ccc1C)S(=O)(=O)c1ccc(C)cc1. The van der Waals surface area contributed by atoms with Crippen molar-refractivity contribution >= 4 is 43.5 Å². The van der Waals surface area contributed by atoms with Gasteiger partial charge in [0.15, 0.2) is 0 Å². The molecule has 0 saturated carbocycles. The van der Waals surface area contributed by atoms with Crippen molar-refractivity contribution in [1.29, 1.82) is 0 Å². The molecule has 0 heterocycles. The molecule has 1 N–H and O–H groups in total. The number of rotatable bonds is 11. The van der Waals surface area contributed by atoms with Crippen LogP contribution in [0.5, 0.6) is 0 Å². The van der Waals surface area contributed by atoms with Crippen molar-refractivity contribution in [3.63, 3.8) is 0 Å². The third kappa shape index (κ3) is 7.91. The van der Waals surface area contributed by atoms with E-state index in [1.165, 1.54) is 16.3 Å². The number of amides is 2. The monoisotopic (exact) mass is 661 g/mol. The third-order valence-electron chi connectivity index (χ3n) is 7.30. The lowest BCUT2D eigenvalue weighted by Crippen LogP contribution is -2.53. The van der Waals surface area contributed by atoms with Crippen LogP contribution in [0.25, 0.3) is 0 Å². The molecule has 224 valence electrons. The van der Waals surface area contributed by atoms with E-state index in [1.54, 1.807) is 30.3 Å². The number of nitrogens with zero attached hydrogens (tertiary/aromatic N) is 2. The fourth-order valence-corrected chi connectivity index (χ4v) is 6.58. The molecule has 0 aliphatic rings. The minimum atomic E-state index is -4.15. The van der Waals surface area contributed by atoms with E-state index >= 15 is 0 Å². The molecule has 0 unspecified atom stereocenters. The van der Waals surface area contributed by atoms with Crippen LogP contribution in [0.3, 0.4) is 0 Å². The van der Waals surface area contributed by atoms with E-state index in [4.69, 9.17) is 0 Å². The fraction of sp³-hybridized carbons (Fsp3) is 0.235. The predicted molar refractivity (Wildman–Crippen MR) is 174 cm³/mol.